The molecule has 0 heterocycles. The molecule has 1 N–H and O–H groups in total. The van der Waals surface area contributed by atoms with Crippen LogP contribution >= 0.6 is 11.8 Å². The van der Waals surface area contributed by atoms with Crippen molar-refractivity contribution in [2.75, 3.05) is 23.7 Å². The first-order valence-corrected chi connectivity index (χ1v) is 15.6. The molecule has 0 aliphatic rings. The number of hydrogen-bond donors (Lipinski definition) is 1. The van der Waals surface area contributed by atoms with Crippen molar-refractivity contribution in [2.45, 2.75) is 56.5 Å². The van der Waals surface area contributed by atoms with Crippen LogP contribution < -0.4 is 9.62 Å². The standard InChI is InChI=1S/C30H37N3O4S2/c1-6-18-31-30(35)24(4)32(20-25-9-7-8-23(3)19-25)29(34)21-33(26-12-10-22(2)11-13-26)39(36,37)28-16-14-27(38-5)15-17-28/h7-17,19,24H,6,18,20-21H2,1-5H3,(H,31,35). The van der Waals surface area contributed by atoms with Crippen molar-refractivity contribution in [1.82, 2.24) is 10.2 Å². The Morgan fingerprint density at radius 1 is 0.949 bits per heavy atom. The van der Waals surface area contributed by atoms with Crippen LogP contribution in [0.1, 0.15) is 37.0 Å². The molecule has 7 nitrogen and oxygen atoms in total. The van der Waals surface area contributed by atoms with Gasteiger partial charge in [-0.25, -0.2) is 8.42 Å². The topological polar surface area (TPSA) is 86.8 Å². The van der Waals surface area contributed by atoms with Crippen LogP contribution in [0.5, 0.6) is 0 Å². The number of amides is 2. The summed E-state index contributed by atoms with van der Waals surface area (Å²) in [6, 6.07) is 20.5. The Balaban J connectivity index is 2.01. The number of aryl methyl sites for hydroxylation is 2. The Morgan fingerprint density at radius 2 is 1.62 bits per heavy atom. The van der Waals surface area contributed by atoms with Gasteiger partial charge in [0.15, 0.2) is 0 Å². The summed E-state index contributed by atoms with van der Waals surface area (Å²) in [6.45, 7) is 7.71. The van der Waals surface area contributed by atoms with Gasteiger partial charge in [-0.2, -0.15) is 0 Å². The number of anilines is 1. The molecule has 9 heteroatoms. The van der Waals surface area contributed by atoms with Gasteiger partial charge < -0.3 is 10.2 Å². The highest BCUT2D eigenvalue weighted by Crippen LogP contribution is 2.26. The highest BCUT2D eigenvalue weighted by atomic mass is 32.2. The van der Waals surface area contributed by atoms with Crippen molar-refractivity contribution in [3.05, 3.63) is 89.5 Å². The van der Waals surface area contributed by atoms with E-state index < -0.39 is 28.5 Å². The molecule has 208 valence electrons. The summed E-state index contributed by atoms with van der Waals surface area (Å²) in [7, 11) is -4.08. The Labute approximate surface area is 236 Å². The molecular formula is C30H37N3O4S2. The van der Waals surface area contributed by atoms with Crippen LogP contribution in [0.4, 0.5) is 5.69 Å². The third-order valence-corrected chi connectivity index (χ3v) is 8.93. The van der Waals surface area contributed by atoms with Crippen molar-refractivity contribution < 1.29 is 18.0 Å². The number of nitrogens with one attached hydrogen (secondary N) is 1. The predicted octanol–water partition coefficient (Wildman–Crippen LogP) is 5.16. The molecule has 3 rings (SSSR count). The minimum atomic E-state index is -4.08. The monoisotopic (exact) mass is 567 g/mol. The van der Waals surface area contributed by atoms with Crippen molar-refractivity contribution in [3.8, 4) is 0 Å². The molecule has 0 saturated carbocycles. The molecule has 1 unspecified atom stereocenters. The number of thioether (sulfide) groups is 1. The second kappa shape index (κ2) is 13.7. The maximum absolute atomic E-state index is 13.9. The number of sulfonamides is 1. The second-order valence-corrected chi connectivity index (χ2v) is 12.2. The van der Waals surface area contributed by atoms with E-state index in [1.54, 1.807) is 43.3 Å². The van der Waals surface area contributed by atoms with E-state index in [0.29, 0.717) is 12.2 Å². The zero-order chi connectivity index (χ0) is 28.6. The first-order chi connectivity index (χ1) is 18.6. The normalized spacial score (nSPS) is 12.0. The third-order valence-electron chi connectivity index (χ3n) is 6.40. The van der Waals surface area contributed by atoms with Gasteiger partial charge in [-0.05, 0) is 75.4 Å². The van der Waals surface area contributed by atoms with Gasteiger partial charge in [-0.15, -0.1) is 11.8 Å². The van der Waals surface area contributed by atoms with Gasteiger partial charge in [-0.3, -0.25) is 13.9 Å². The fraction of sp³-hybridized carbons (Fsp3) is 0.333. The van der Waals surface area contributed by atoms with E-state index in [4.69, 9.17) is 0 Å². The summed E-state index contributed by atoms with van der Waals surface area (Å²) >= 11 is 1.52. The van der Waals surface area contributed by atoms with Crippen molar-refractivity contribution >= 4 is 39.3 Å². The zero-order valence-electron chi connectivity index (χ0n) is 23.2. The highest BCUT2D eigenvalue weighted by Gasteiger charge is 2.32. The fourth-order valence-electron chi connectivity index (χ4n) is 4.10. The second-order valence-electron chi connectivity index (χ2n) is 9.50. The average molecular weight is 568 g/mol. The molecule has 1 atom stereocenters. The van der Waals surface area contributed by atoms with E-state index in [9.17, 15) is 18.0 Å². The SMILES string of the molecule is CCCNC(=O)C(C)N(Cc1cccc(C)c1)C(=O)CN(c1ccc(C)cc1)S(=O)(=O)c1ccc(SC)cc1. The van der Waals surface area contributed by atoms with Gasteiger partial charge in [0.05, 0.1) is 10.6 Å². The Bertz CT molecular complexity index is 1370. The molecule has 39 heavy (non-hydrogen) atoms. The lowest BCUT2D eigenvalue weighted by Gasteiger charge is -2.32. The van der Waals surface area contributed by atoms with E-state index in [1.165, 1.54) is 16.7 Å². The molecule has 3 aromatic carbocycles. The van der Waals surface area contributed by atoms with Crippen LogP contribution in [0.15, 0.2) is 82.6 Å². The maximum Gasteiger partial charge on any atom is 0.264 e. The molecule has 0 aliphatic carbocycles. The number of benzene rings is 3. The summed E-state index contributed by atoms with van der Waals surface area (Å²) in [4.78, 5) is 29.3. The van der Waals surface area contributed by atoms with Crippen LogP contribution in [0.3, 0.4) is 0 Å². The van der Waals surface area contributed by atoms with Crippen LogP contribution in [0, 0.1) is 13.8 Å². The minimum Gasteiger partial charge on any atom is -0.354 e. The Morgan fingerprint density at radius 3 is 2.21 bits per heavy atom. The highest BCUT2D eigenvalue weighted by molar-refractivity contribution is 7.98. The van der Waals surface area contributed by atoms with Gasteiger partial charge in [0.2, 0.25) is 11.8 Å². The van der Waals surface area contributed by atoms with Gasteiger partial charge in [0, 0.05) is 18.0 Å². The van der Waals surface area contributed by atoms with Gasteiger partial charge in [0.1, 0.15) is 12.6 Å². The Kier molecular flexibility index (Phi) is 10.6. The largest absolute Gasteiger partial charge is 0.354 e. The van der Waals surface area contributed by atoms with Gasteiger partial charge in [0.25, 0.3) is 10.0 Å². The fourth-order valence-corrected chi connectivity index (χ4v) is 5.92. The molecule has 3 aromatic rings. The summed E-state index contributed by atoms with van der Waals surface area (Å²) in [5, 5.41) is 2.86. The summed E-state index contributed by atoms with van der Waals surface area (Å²) < 4.78 is 28.9. The predicted molar refractivity (Wildman–Crippen MR) is 158 cm³/mol. The first kappa shape index (κ1) is 30.2. The lowest BCUT2D eigenvalue weighted by molar-refractivity contribution is -0.139. The zero-order valence-corrected chi connectivity index (χ0v) is 24.8. The number of rotatable bonds is 12. The molecule has 0 aliphatic heterocycles. The number of nitrogens with zero attached hydrogens (tertiary/aromatic N) is 2. The van der Waals surface area contributed by atoms with Crippen molar-refractivity contribution in [1.29, 1.82) is 0 Å². The minimum absolute atomic E-state index is 0.0904. The summed E-state index contributed by atoms with van der Waals surface area (Å²) in [5.41, 5.74) is 3.23. The third kappa shape index (κ3) is 7.86. The average Bonchev–Trinajstić information content (AvgIpc) is 2.93. The van der Waals surface area contributed by atoms with Crippen molar-refractivity contribution in [2.24, 2.45) is 0 Å². The lowest BCUT2D eigenvalue weighted by atomic mass is 10.1. The molecule has 0 bridgehead atoms. The van der Waals surface area contributed by atoms with E-state index in [0.717, 1.165) is 32.3 Å². The molecule has 0 aromatic heterocycles. The van der Waals surface area contributed by atoms with Crippen LogP contribution in [-0.4, -0.2) is 50.5 Å². The summed E-state index contributed by atoms with van der Waals surface area (Å²) in [6.07, 6.45) is 2.68. The number of carbonyl (C=O) groups excluding carboxylic acids is 2. The lowest BCUT2D eigenvalue weighted by Crippen LogP contribution is -2.51. The van der Waals surface area contributed by atoms with Crippen LogP contribution in [0.2, 0.25) is 0 Å². The number of hydrogen-bond acceptors (Lipinski definition) is 5. The molecule has 0 spiro atoms. The molecule has 0 fully saturated rings. The Hall–Kier alpha value is -3.30. The van der Waals surface area contributed by atoms with Gasteiger partial charge >= 0.3 is 0 Å². The van der Waals surface area contributed by atoms with E-state index in [1.807, 2.05) is 63.4 Å². The van der Waals surface area contributed by atoms with E-state index in [-0.39, 0.29) is 17.3 Å². The van der Waals surface area contributed by atoms with Gasteiger partial charge in [-0.1, -0.05) is 54.4 Å². The summed E-state index contributed by atoms with van der Waals surface area (Å²) in [5.74, 6) is -0.754. The molecule has 2 amide bonds. The van der Waals surface area contributed by atoms with Crippen molar-refractivity contribution in [3.63, 3.8) is 0 Å². The number of carbonyl (C=O) groups is 2. The van der Waals surface area contributed by atoms with E-state index >= 15 is 0 Å². The van der Waals surface area contributed by atoms with Crippen LogP contribution in [-0.2, 0) is 26.2 Å². The quantitative estimate of drug-likeness (QED) is 0.306. The van der Waals surface area contributed by atoms with Crippen LogP contribution in [0.25, 0.3) is 0 Å². The molecule has 0 saturated heterocycles. The van der Waals surface area contributed by atoms with E-state index in [2.05, 4.69) is 5.32 Å². The molecular weight excluding hydrogens is 530 g/mol. The maximum atomic E-state index is 13.9. The molecule has 0 radical (unpaired) electrons. The first-order valence-electron chi connectivity index (χ1n) is 12.9. The smallest absolute Gasteiger partial charge is 0.264 e.